The number of aromatic nitrogens is 2. The summed E-state index contributed by atoms with van der Waals surface area (Å²) in [6.45, 7) is 7.60. The normalized spacial score (nSPS) is 24.8. The van der Waals surface area contributed by atoms with Crippen LogP contribution < -0.4 is 5.32 Å². The van der Waals surface area contributed by atoms with E-state index in [0.29, 0.717) is 17.2 Å². The second-order valence-corrected chi connectivity index (χ2v) is 6.71. The molecule has 19 heavy (non-hydrogen) atoms. The van der Waals surface area contributed by atoms with Crippen LogP contribution in [0.4, 0.5) is 0 Å². The van der Waals surface area contributed by atoms with Gasteiger partial charge in [0.05, 0.1) is 11.7 Å². The third-order valence-electron chi connectivity index (χ3n) is 3.86. The highest BCUT2D eigenvalue weighted by molar-refractivity contribution is 7.99. The third kappa shape index (κ3) is 3.96. The zero-order valence-electron chi connectivity index (χ0n) is 12.2. The van der Waals surface area contributed by atoms with E-state index < -0.39 is 0 Å². The Kier molecular flexibility index (Phi) is 5.70. The molecule has 108 valence electrons. The highest BCUT2D eigenvalue weighted by Crippen LogP contribution is 2.34. The Morgan fingerprint density at radius 1 is 1.42 bits per heavy atom. The molecule has 1 N–H and O–H groups in total. The van der Waals surface area contributed by atoms with Crippen molar-refractivity contribution in [2.75, 3.05) is 6.54 Å². The van der Waals surface area contributed by atoms with Gasteiger partial charge in [-0.2, -0.15) is 16.7 Å². The van der Waals surface area contributed by atoms with Crippen molar-refractivity contribution in [3.05, 3.63) is 11.7 Å². The monoisotopic (exact) mass is 283 g/mol. The first-order valence-electron chi connectivity index (χ1n) is 7.42. The molecule has 5 heteroatoms. The van der Waals surface area contributed by atoms with Crippen LogP contribution in [0.1, 0.15) is 64.1 Å². The van der Waals surface area contributed by atoms with E-state index in [1.54, 1.807) is 0 Å². The zero-order chi connectivity index (χ0) is 13.7. The van der Waals surface area contributed by atoms with Gasteiger partial charge >= 0.3 is 0 Å². The molecule has 1 saturated carbocycles. The van der Waals surface area contributed by atoms with Crippen LogP contribution in [-0.2, 0) is 5.75 Å². The molecule has 1 aliphatic carbocycles. The predicted octanol–water partition coefficient (Wildman–Crippen LogP) is 3.35. The molecule has 1 aromatic rings. The first-order chi connectivity index (χ1) is 9.24. The molecule has 2 rings (SSSR count). The van der Waals surface area contributed by atoms with Gasteiger partial charge in [-0.15, -0.1) is 0 Å². The van der Waals surface area contributed by atoms with E-state index in [1.165, 1.54) is 19.3 Å². The molecule has 0 bridgehead atoms. The van der Waals surface area contributed by atoms with Crippen LogP contribution in [0.15, 0.2) is 4.52 Å². The van der Waals surface area contributed by atoms with Crippen molar-refractivity contribution >= 4 is 11.8 Å². The lowest BCUT2D eigenvalue weighted by atomic mass is 10.0. The van der Waals surface area contributed by atoms with E-state index in [9.17, 15) is 0 Å². The van der Waals surface area contributed by atoms with Crippen molar-refractivity contribution in [2.45, 2.75) is 69.4 Å². The summed E-state index contributed by atoms with van der Waals surface area (Å²) in [5, 5.41) is 8.31. The van der Waals surface area contributed by atoms with Gasteiger partial charge in [-0.1, -0.05) is 32.3 Å². The quantitative estimate of drug-likeness (QED) is 0.831. The fourth-order valence-corrected chi connectivity index (χ4v) is 3.36. The number of nitrogens with one attached hydrogen (secondary N) is 1. The Labute approximate surface area is 120 Å². The highest BCUT2D eigenvalue weighted by atomic mass is 32.2. The second kappa shape index (κ2) is 7.29. The maximum Gasteiger partial charge on any atom is 0.231 e. The SMILES string of the molecule is CCNC1CCCC1c1nc(CSC(C)CC)no1. The molecule has 1 heterocycles. The van der Waals surface area contributed by atoms with Crippen molar-refractivity contribution in [2.24, 2.45) is 0 Å². The number of nitrogens with zero attached hydrogens (tertiary/aromatic N) is 2. The van der Waals surface area contributed by atoms with E-state index in [0.717, 1.165) is 30.4 Å². The molecule has 1 fully saturated rings. The minimum Gasteiger partial charge on any atom is -0.339 e. The van der Waals surface area contributed by atoms with Gasteiger partial charge < -0.3 is 9.84 Å². The topological polar surface area (TPSA) is 51.0 Å². The zero-order valence-corrected chi connectivity index (χ0v) is 13.0. The molecular weight excluding hydrogens is 258 g/mol. The van der Waals surface area contributed by atoms with E-state index in [-0.39, 0.29) is 0 Å². The van der Waals surface area contributed by atoms with Gasteiger partial charge in [0.2, 0.25) is 5.89 Å². The number of thioether (sulfide) groups is 1. The first kappa shape index (κ1) is 14.9. The maximum atomic E-state index is 5.48. The molecular formula is C14H25N3OS. The van der Waals surface area contributed by atoms with Gasteiger partial charge in [-0.3, -0.25) is 0 Å². The van der Waals surface area contributed by atoms with E-state index in [1.807, 2.05) is 11.8 Å². The molecule has 0 spiro atoms. The van der Waals surface area contributed by atoms with Gasteiger partial charge in [-0.05, 0) is 25.8 Å². The second-order valence-electron chi connectivity index (χ2n) is 5.28. The highest BCUT2D eigenvalue weighted by Gasteiger charge is 2.32. The summed E-state index contributed by atoms with van der Waals surface area (Å²) in [7, 11) is 0. The summed E-state index contributed by atoms with van der Waals surface area (Å²) < 4.78 is 5.48. The summed E-state index contributed by atoms with van der Waals surface area (Å²) in [4.78, 5) is 4.59. The Bertz CT molecular complexity index is 383. The average Bonchev–Trinajstić information content (AvgIpc) is 3.04. The molecule has 1 aliphatic rings. The molecule has 0 radical (unpaired) electrons. The summed E-state index contributed by atoms with van der Waals surface area (Å²) >= 11 is 1.90. The van der Waals surface area contributed by atoms with E-state index in [2.05, 4.69) is 36.2 Å². The Morgan fingerprint density at radius 3 is 3.00 bits per heavy atom. The molecule has 4 nitrogen and oxygen atoms in total. The molecule has 0 amide bonds. The largest absolute Gasteiger partial charge is 0.339 e. The van der Waals surface area contributed by atoms with Crippen molar-refractivity contribution in [3.63, 3.8) is 0 Å². The smallest absolute Gasteiger partial charge is 0.231 e. The molecule has 3 atom stereocenters. The van der Waals surface area contributed by atoms with Crippen molar-refractivity contribution in [1.82, 2.24) is 15.5 Å². The number of likely N-dealkylation sites (N-methyl/N-ethyl adjacent to an activating group) is 1. The fraction of sp³-hybridized carbons (Fsp3) is 0.857. The van der Waals surface area contributed by atoms with Gasteiger partial charge in [0.15, 0.2) is 5.82 Å². The van der Waals surface area contributed by atoms with Crippen molar-refractivity contribution in [3.8, 4) is 0 Å². The van der Waals surface area contributed by atoms with Gasteiger partial charge in [-0.25, -0.2) is 0 Å². The molecule has 1 aromatic heterocycles. The van der Waals surface area contributed by atoms with Crippen LogP contribution in [0.5, 0.6) is 0 Å². The number of rotatable bonds is 7. The van der Waals surface area contributed by atoms with E-state index in [4.69, 9.17) is 4.52 Å². The number of hydrogen-bond donors (Lipinski definition) is 1. The lowest BCUT2D eigenvalue weighted by Gasteiger charge is -2.16. The van der Waals surface area contributed by atoms with Gasteiger partial charge in [0, 0.05) is 11.3 Å². The lowest BCUT2D eigenvalue weighted by molar-refractivity contribution is 0.329. The molecule has 0 aliphatic heterocycles. The van der Waals surface area contributed by atoms with Gasteiger partial charge in [0.1, 0.15) is 0 Å². The summed E-state index contributed by atoms with van der Waals surface area (Å²) in [5.74, 6) is 2.96. The lowest BCUT2D eigenvalue weighted by Crippen LogP contribution is -2.31. The average molecular weight is 283 g/mol. The Hall–Kier alpha value is -0.550. The number of hydrogen-bond acceptors (Lipinski definition) is 5. The van der Waals surface area contributed by atoms with E-state index >= 15 is 0 Å². The standard InChI is InChI=1S/C14H25N3OS/c1-4-10(3)19-9-13-16-14(18-17-13)11-7-6-8-12(11)15-5-2/h10-12,15H,4-9H2,1-3H3. The molecule has 0 aromatic carbocycles. The van der Waals surface area contributed by atoms with Crippen LogP contribution in [0, 0.1) is 0 Å². The Balaban J connectivity index is 1.92. The summed E-state index contributed by atoms with van der Waals surface area (Å²) in [6.07, 6.45) is 4.82. The predicted molar refractivity (Wildman–Crippen MR) is 79.4 cm³/mol. The van der Waals surface area contributed by atoms with Crippen LogP contribution in [0.3, 0.4) is 0 Å². The van der Waals surface area contributed by atoms with Crippen LogP contribution in [0.2, 0.25) is 0 Å². The fourth-order valence-electron chi connectivity index (χ4n) is 2.57. The minimum absolute atomic E-state index is 0.412. The summed E-state index contributed by atoms with van der Waals surface area (Å²) in [6, 6.07) is 0.514. The maximum absolute atomic E-state index is 5.48. The molecule has 0 saturated heterocycles. The molecule has 3 unspecified atom stereocenters. The summed E-state index contributed by atoms with van der Waals surface area (Å²) in [5.41, 5.74) is 0. The van der Waals surface area contributed by atoms with Crippen molar-refractivity contribution < 1.29 is 4.52 Å². The first-order valence-corrected chi connectivity index (χ1v) is 8.46. The third-order valence-corrected chi connectivity index (χ3v) is 5.18. The van der Waals surface area contributed by atoms with Crippen LogP contribution >= 0.6 is 11.8 Å². The van der Waals surface area contributed by atoms with Crippen LogP contribution in [0.25, 0.3) is 0 Å². The van der Waals surface area contributed by atoms with Crippen molar-refractivity contribution in [1.29, 1.82) is 0 Å². The van der Waals surface area contributed by atoms with Gasteiger partial charge in [0.25, 0.3) is 0 Å². The Morgan fingerprint density at radius 2 is 2.26 bits per heavy atom. The minimum atomic E-state index is 0.412. The van der Waals surface area contributed by atoms with Crippen LogP contribution in [-0.4, -0.2) is 28.0 Å².